The Bertz CT molecular complexity index is 680. The van der Waals surface area contributed by atoms with Gasteiger partial charge in [0.2, 0.25) is 0 Å². The largest absolute Gasteiger partial charge is 0.481 e. The number of carboxylic acids is 1. The van der Waals surface area contributed by atoms with E-state index in [1.54, 1.807) is 0 Å². The molecule has 1 aliphatic rings. The molecule has 0 aliphatic heterocycles. The van der Waals surface area contributed by atoms with Crippen molar-refractivity contribution in [3.8, 4) is 0 Å². The fourth-order valence-corrected chi connectivity index (χ4v) is 3.75. The quantitative estimate of drug-likeness (QED) is 0.823. The van der Waals surface area contributed by atoms with E-state index >= 15 is 0 Å². The van der Waals surface area contributed by atoms with Crippen LogP contribution >= 0.6 is 11.8 Å². The van der Waals surface area contributed by atoms with Gasteiger partial charge in [0.15, 0.2) is 5.16 Å². The summed E-state index contributed by atoms with van der Waals surface area (Å²) in [5, 5.41) is 9.77. The van der Waals surface area contributed by atoms with Crippen LogP contribution in [0.5, 0.6) is 0 Å². The van der Waals surface area contributed by atoms with E-state index in [9.17, 15) is 4.79 Å². The second-order valence-corrected chi connectivity index (χ2v) is 6.73. The van der Waals surface area contributed by atoms with E-state index in [2.05, 4.69) is 41.6 Å². The maximum absolute atomic E-state index is 10.8. The van der Waals surface area contributed by atoms with Crippen LogP contribution < -0.4 is 0 Å². The van der Waals surface area contributed by atoms with Crippen molar-refractivity contribution >= 4 is 28.8 Å². The predicted octanol–water partition coefficient (Wildman–Crippen LogP) is 3.88. The van der Waals surface area contributed by atoms with Crippen LogP contribution in [0.15, 0.2) is 23.4 Å². The van der Waals surface area contributed by atoms with Gasteiger partial charge in [-0.2, -0.15) is 0 Å². The minimum atomic E-state index is -0.796. The highest BCUT2D eigenvalue weighted by atomic mass is 32.2. The number of aryl methyl sites for hydroxylation is 1. The highest BCUT2D eigenvalue weighted by Gasteiger charge is 2.39. The zero-order chi connectivity index (χ0) is 15.0. The molecule has 1 N–H and O–H groups in total. The molecule has 0 spiro atoms. The van der Waals surface area contributed by atoms with Gasteiger partial charge >= 0.3 is 5.97 Å². The van der Waals surface area contributed by atoms with Crippen molar-refractivity contribution in [3.63, 3.8) is 0 Å². The predicted molar refractivity (Wildman–Crippen MR) is 84.9 cm³/mol. The van der Waals surface area contributed by atoms with Gasteiger partial charge in [-0.25, -0.2) is 4.98 Å². The first-order valence-corrected chi connectivity index (χ1v) is 8.42. The molecule has 112 valence electrons. The van der Waals surface area contributed by atoms with Gasteiger partial charge in [-0.1, -0.05) is 31.2 Å². The molecule has 0 saturated heterocycles. The Morgan fingerprint density at radius 1 is 1.52 bits per heavy atom. The van der Waals surface area contributed by atoms with Crippen molar-refractivity contribution in [2.24, 2.45) is 5.92 Å². The van der Waals surface area contributed by atoms with Gasteiger partial charge < -0.3 is 9.67 Å². The van der Waals surface area contributed by atoms with Crippen LogP contribution in [-0.4, -0.2) is 26.4 Å². The van der Waals surface area contributed by atoms with Crippen LogP contribution in [0.4, 0.5) is 0 Å². The number of benzene rings is 1. The van der Waals surface area contributed by atoms with Gasteiger partial charge in [0, 0.05) is 6.04 Å². The van der Waals surface area contributed by atoms with Crippen LogP contribution in [-0.2, 0) is 4.79 Å². The number of aliphatic carboxylic acids is 1. The average Bonchev–Trinajstić information content (AvgIpc) is 3.08. The molecule has 2 aromatic rings. The smallest absolute Gasteiger partial charge is 0.313 e. The summed E-state index contributed by atoms with van der Waals surface area (Å²) in [6, 6.07) is 6.79. The van der Waals surface area contributed by atoms with Gasteiger partial charge in [-0.3, -0.25) is 4.79 Å². The number of rotatable bonds is 6. The normalized spacial score (nSPS) is 20.9. The maximum Gasteiger partial charge on any atom is 0.313 e. The Hall–Kier alpha value is -1.49. The second-order valence-electron chi connectivity index (χ2n) is 5.79. The number of imidazole rings is 1. The summed E-state index contributed by atoms with van der Waals surface area (Å²) >= 11 is 1.33. The van der Waals surface area contributed by atoms with E-state index in [1.165, 1.54) is 36.6 Å². The van der Waals surface area contributed by atoms with Crippen molar-refractivity contribution in [2.45, 2.75) is 44.3 Å². The highest BCUT2D eigenvalue weighted by molar-refractivity contribution is 7.99. The average molecular weight is 304 g/mol. The fraction of sp³-hybridized carbons (Fsp3) is 0.500. The van der Waals surface area contributed by atoms with Crippen LogP contribution in [0.2, 0.25) is 0 Å². The van der Waals surface area contributed by atoms with Gasteiger partial charge in [0.05, 0.1) is 16.8 Å². The summed E-state index contributed by atoms with van der Waals surface area (Å²) < 4.78 is 2.27. The van der Waals surface area contributed by atoms with E-state index in [4.69, 9.17) is 5.11 Å². The van der Waals surface area contributed by atoms with Gasteiger partial charge in [0.1, 0.15) is 0 Å². The monoisotopic (exact) mass is 304 g/mol. The van der Waals surface area contributed by atoms with Crippen molar-refractivity contribution in [2.75, 3.05) is 5.75 Å². The third-order valence-corrected chi connectivity index (χ3v) is 4.95. The first-order chi connectivity index (χ1) is 10.1. The molecular weight excluding hydrogens is 284 g/mol. The van der Waals surface area contributed by atoms with Crippen molar-refractivity contribution in [1.29, 1.82) is 0 Å². The maximum atomic E-state index is 10.8. The molecule has 1 heterocycles. The molecule has 2 unspecified atom stereocenters. The molecule has 0 radical (unpaired) electrons. The number of carbonyl (C=O) groups is 1. The molecule has 2 atom stereocenters. The molecule has 1 fully saturated rings. The molecule has 4 nitrogen and oxygen atoms in total. The lowest BCUT2D eigenvalue weighted by atomic mass is 10.2. The Balaban J connectivity index is 1.97. The number of carboxylic acid groups (broad SMARTS) is 1. The molecule has 1 aromatic heterocycles. The Labute approximate surface area is 128 Å². The Morgan fingerprint density at radius 3 is 3.05 bits per heavy atom. The molecule has 1 saturated carbocycles. The van der Waals surface area contributed by atoms with E-state index in [0.717, 1.165) is 22.1 Å². The number of hydrogen-bond acceptors (Lipinski definition) is 3. The minimum absolute atomic E-state index is 0.0630. The number of hydrogen-bond donors (Lipinski definition) is 1. The second kappa shape index (κ2) is 5.72. The third kappa shape index (κ3) is 2.93. The van der Waals surface area contributed by atoms with E-state index in [-0.39, 0.29) is 5.75 Å². The molecule has 0 amide bonds. The molecule has 21 heavy (non-hydrogen) atoms. The molecule has 5 heteroatoms. The summed E-state index contributed by atoms with van der Waals surface area (Å²) in [5.41, 5.74) is 3.30. The van der Waals surface area contributed by atoms with Crippen LogP contribution in [0, 0.1) is 12.8 Å². The van der Waals surface area contributed by atoms with E-state index < -0.39 is 5.97 Å². The minimum Gasteiger partial charge on any atom is -0.481 e. The molecule has 1 aliphatic carbocycles. The summed E-state index contributed by atoms with van der Waals surface area (Å²) in [6.45, 7) is 4.27. The first-order valence-electron chi connectivity index (χ1n) is 7.43. The van der Waals surface area contributed by atoms with Crippen LogP contribution in [0.3, 0.4) is 0 Å². The van der Waals surface area contributed by atoms with Crippen LogP contribution in [0.25, 0.3) is 11.0 Å². The summed E-state index contributed by atoms with van der Waals surface area (Å²) in [7, 11) is 0. The third-order valence-electron chi connectivity index (χ3n) is 4.01. The van der Waals surface area contributed by atoms with E-state index in [0.29, 0.717) is 6.04 Å². The van der Waals surface area contributed by atoms with Gasteiger partial charge in [-0.15, -0.1) is 0 Å². The lowest BCUT2D eigenvalue weighted by Gasteiger charge is -2.08. The lowest BCUT2D eigenvalue weighted by molar-refractivity contribution is -0.133. The molecular formula is C16H20N2O2S. The number of aromatic nitrogens is 2. The van der Waals surface area contributed by atoms with Crippen molar-refractivity contribution < 1.29 is 9.90 Å². The number of nitrogens with zero attached hydrogens (tertiary/aromatic N) is 2. The van der Waals surface area contributed by atoms with Crippen molar-refractivity contribution in [1.82, 2.24) is 9.55 Å². The Morgan fingerprint density at radius 2 is 2.33 bits per heavy atom. The van der Waals surface area contributed by atoms with E-state index in [1.807, 2.05) is 0 Å². The van der Waals surface area contributed by atoms with Crippen LogP contribution in [0.1, 0.15) is 37.8 Å². The Kier molecular flexibility index (Phi) is 3.93. The standard InChI is InChI=1S/C16H20N2O2S/c1-3-4-11-8-14(11)18-13-6-5-10(2)7-12(13)17-16(18)21-9-15(19)20/h5-7,11,14H,3-4,8-9H2,1-2H3,(H,19,20). The summed E-state index contributed by atoms with van der Waals surface area (Å²) in [6.07, 6.45) is 3.62. The summed E-state index contributed by atoms with van der Waals surface area (Å²) in [4.78, 5) is 15.5. The van der Waals surface area contributed by atoms with Crippen molar-refractivity contribution in [3.05, 3.63) is 23.8 Å². The fourth-order valence-electron chi connectivity index (χ4n) is 2.96. The van der Waals surface area contributed by atoms with Gasteiger partial charge in [-0.05, 0) is 43.4 Å². The zero-order valence-corrected chi connectivity index (χ0v) is 13.2. The zero-order valence-electron chi connectivity index (χ0n) is 12.4. The number of fused-ring (bicyclic) bond motifs is 1. The highest BCUT2D eigenvalue weighted by Crippen LogP contribution is 2.49. The lowest BCUT2D eigenvalue weighted by Crippen LogP contribution is -2.03. The first kappa shape index (κ1) is 14.4. The number of thioether (sulfide) groups is 1. The van der Waals surface area contributed by atoms with Gasteiger partial charge in [0.25, 0.3) is 0 Å². The topological polar surface area (TPSA) is 55.1 Å². The molecule has 1 aromatic carbocycles. The summed E-state index contributed by atoms with van der Waals surface area (Å²) in [5.74, 6) is -0.0124. The molecule has 3 rings (SSSR count). The SMILES string of the molecule is CCCC1CC1n1c(SCC(=O)O)nc2cc(C)ccc21. The molecule has 0 bridgehead atoms.